The fourth-order valence-electron chi connectivity index (χ4n) is 2.79. The normalized spacial score (nSPS) is 17.5. The number of carbonyl (C=O) groups is 1. The molecule has 5 nitrogen and oxygen atoms in total. The van der Waals surface area contributed by atoms with E-state index in [1.54, 1.807) is 13.4 Å². The molecule has 114 valence electrons. The maximum absolute atomic E-state index is 11.7. The van der Waals surface area contributed by atoms with Crippen LogP contribution in [0.2, 0.25) is 0 Å². The molecule has 0 radical (unpaired) electrons. The third-order valence-corrected chi connectivity index (χ3v) is 4.13. The topological polar surface area (TPSA) is 58.1 Å². The van der Waals surface area contributed by atoms with Crippen LogP contribution in [0.5, 0.6) is 0 Å². The highest BCUT2D eigenvalue weighted by molar-refractivity contribution is 5.79. The number of benzene rings is 1. The van der Waals surface area contributed by atoms with E-state index in [0.29, 0.717) is 6.54 Å². The monoisotopic (exact) mass is 296 g/mol. The van der Waals surface area contributed by atoms with Crippen LogP contribution in [0.4, 0.5) is 5.82 Å². The first-order chi connectivity index (χ1) is 10.7. The number of amides is 1. The van der Waals surface area contributed by atoms with E-state index in [-0.39, 0.29) is 11.8 Å². The van der Waals surface area contributed by atoms with Gasteiger partial charge in [-0.15, -0.1) is 0 Å². The van der Waals surface area contributed by atoms with Crippen molar-refractivity contribution in [3.05, 3.63) is 42.2 Å². The second kappa shape index (κ2) is 6.13. The van der Waals surface area contributed by atoms with Gasteiger partial charge in [-0.05, 0) is 13.3 Å². The Labute approximate surface area is 130 Å². The van der Waals surface area contributed by atoms with Gasteiger partial charge in [0.25, 0.3) is 0 Å². The summed E-state index contributed by atoms with van der Waals surface area (Å²) in [5, 5.41) is 2.72. The molecule has 1 fully saturated rings. The first kappa shape index (κ1) is 14.5. The van der Waals surface area contributed by atoms with E-state index in [4.69, 9.17) is 0 Å². The Morgan fingerprint density at radius 3 is 2.77 bits per heavy atom. The average Bonchev–Trinajstić information content (AvgIpc) is 3.05. The van der Waals surface area contributed by atoms with Gasteiger partial charge in [-0.1, -0.05) is 29.8 Å². The molecule has 0 bridgehead atoms. The van der Waals surface area contributed by atoms with Crippen LogP contribution < -0.4 is 10.2 Å². The zero-order valence-electron chi connectivity index (χ0n) is 12.9. The molecule has 3 rings (SSSR count). The van der Waals surface area contributed by atoms with Crippen LogP contribution in [0.1, 0.15) is 12.0 Å². The van der Waals surface area contributed by atoms with Crippen LogP contribution in [-0.2, 0) is 4.79 Å². The van der Waals surface area contributed by atoms with Crippen molar-refractivity contribution in [1.29, 1.82) is 0 Å². The molecule has 1 amide bonds. The van der Waals surface area contributed by atoms with E-state index in [0.717, 1.165) is 30.0 Å². The Morgan fingerprint density at radius 2 is 2.05 bits per heavy atom. The van der Waals surface area contributed by atoms with Gasteiger partial charge in [-0.2, -0.15) is 0 Å². The number of nitrogens with zero attached hydrogens (tertiary/aromatic N) is 3. The van der Waals surface area contributed by atoms with Gasteiger partial charge < -0.3 is 10.2 Å². The van der Waals surface area contributed by atoms with Gasteiger partial charge in [0.1, 0.15) is 12.1 Å². The van der Waals surface area contributed by atoms with Crippen molar-refractivity contribution in [2.24, 2.45) is 5.92 Å². The molecule has 2 aromatic rings. The summed E-state index contributed by atoms with van der Waals surface area (Å²) in [6.45, 7) is 3.63. The molecule has 1 N–H and O–H groups in total. The third-order valence-electron chi connectivity index (χ3n) is 4.13. The smallest absolute Gasteiger partial charge is 0.224 e. The van der Waals surface area contributed by atoms with Crippen LogP contribution in [0.25, 0.3) is 11.3 Å². The van der Waals surface area contributed by atoms with E-state index < -0.39 is 0 Å². The fourth-order valence-corrected chi connectivity index (χ4v) is 2.79. The second-order valence-electron chi connectivity index (χ2n) is 5.67. The van der Waals surface area contributed by atoms with Crippen molar-refractivity contribution in [3.63, 3.8) is 0 Å². The number of aromatic nitrogens is 2. The number of hydrogen-bond acceptors (Lipinski definition) is 4. The summed E-state index contributed by atoms with van der Waals surface area (Å²) in [5.74, 6) is 1.04. The molecule has 0 aliphatic carbocycles. The van der Waals surface area contributed by atoms with Gasteiger partial charge in [0.15, 0.2) is 0 Å². The lowest BCUT2D eigenvalue weighted by Crippen LogP contribution is -2.30. The van der Waals surface area contributed by atoms with Crippen LogP contribution in [0, 0.1) is 12.8 Å². The Morgan fingerprint density at radius 1 is 1.27 bits per heavy atom. The van der Waals surface area contributed by atoms with E-state index in [9.17, 15) is 4.79 Å². The predicted molar refractivity (Wildman–Crippen MR) is 86.6 cm³/mol. The summed E-state index contributed by atoms with van der Waals surface area (Å²) < 4.78 is 0. The number of nitrogens with one attached hydrogen (secondary N) is 1. The van der Waals surface area contributed by atoms with E-state index in [1.807, 2.05) is 6.07 Å². The predicted octanol–water partition coefficient (Wildman–Crippen LogP) is 2.02. The van der Waals surface area contributed by atoms with Crippen molar-refractivity contribution in [2.75, 3.05) is 25.0 Å². The van der Waals surface area contributed by atoms with E-state index in [1.165, 1.54) is 5.56 Å². The quantitative estimate of drug-likeness (QED) is 0.941. The van der Waals surface area contributed by atoms with Crippen molar-refractivity contribution < 1.29 is 4.79 Å². The molecule has 1 aromatic heterocycles. The first-order valence-corrected chi connectivity index (χ1v) is 7.53. The lowest BCUT2D eigenvalue weighted by Gasteiger charge is -2.17. The number of aryl methyl sites for hydroxylation is 1. The molecule has 0 saturated carbocycles. The van der Waals surface area contributed by atoms with Gasteiger partial charge in [0.05, 0.1) is 11.6 Å². The zero-order chi connectivity index (χ0) is 15.5. The van der Waals surface area contributed by atoms with Gasteiger partial charge in [-0.25, -0.2) is 9.97 Å². The lowest BCUT2D eigenvalue weighted by molar-refractivity contribution is -0.123. The molecule has 1 atom stereocenters. The van der Waals surface area contributed by atoms with Crippen molar-refractivity contribution >= 4 is 11.7 Å². The highest BCUT2D eigenvalue weighted by Gasteiger charge is 2.28. The molecule has 0 spiro atoms. The Hall–Kier alpha value is -2.43. The Kier molecular flexibility index (Phi) is 4.04. The van der Waals surface area contributed by atoms with Crippen molar-refractivity contribution in [2.45, 2.75) is 13.3 Å². The highest BCUT2D eigenvalue weighted by Crippen LogP contribution is 2.25. The van der Waals surface area contributed by atoms with Crippen LogP contribution in [-0.4, -0.2) is 36.0 Å². The van der Waals surface area contributed by atoms with E-state index >= 15 is 0 Å². The van der Waals surface area contributed by atoms with Crippen LogP contribution in [0.15, 0.2) is 36.7 Å². The SMILES string of the molecule is CNC(=O)C1CCN(c2cc(-c3ccc(C)cc3)ncn2)C1. The van der Waals surface area contributed by atoms with Gasteiger partial charge in [-0.3, -0.25) is 4.79 Å². The molecular weight excluding hydrogens is 276 g/mol. The molecule has 1 saturated heterocycles. The second-order valence-corrected chi connectivity index (χ2v) is 5.67. The van der Waals surface area contributed by atoms with Gasteiger partial charge in [0.2, 0.25) is 5.91 Å². The average molecular weight is 296 g/mol. The van der Waals surface area contributed by atoms with Crippen molar-refractivity contribution in [1.82, 2.24) is 15.3 Å². The molecular formula is C17H20N4O. The summed E-state index contributed by atoms with van der Waals surface area (Å²) in [6.07, 6.45) is 2.46. The molecule has 1 aliphatic heterocycles. The summed E-state index contributed by atoms with van der Waals surface area (Å²) >= 11 is 0. The Balaban J connectivity index is 1.80. The molecule has 1 unspecified atom stereocenters. The Bertz CT molecular complexity index is 669. The lowest BCUT2D eigenvalue weighted by atomic mass is 10.1. The number of rotatable bonds is 3. The maximum atomic E-state index is 11.7. The molecule has 1 aliphatic rings. The summed E-state index contributed by atoms with van der Waals surface area (Å²) in [4.78, 5) is 22.6. The van der Waals surface area contributed by atoms with Gasteiger partial charge in [0, 0.05) is 31.8 Å². The molecule has 22 heavy (non-hydrogen) atoms. The third kappa shape index (κ3) is 2.93. The zero-order valence-corrected chi connectivity index (χ0v) is 12.9. The van der Waals surface area contributed by atoms with E-state index in [2.05, 4.69) is 51.4 Å². The minimum atomic E-state index is 0.0443. The van der Waals surface area contributed by atoms with Crippen molar-refractivity contribution in [3.8, 4) is 11.3 Å². The number of hydrogen-bond donors (Lipinski definition) is 1. The summed E-state index contributed by atoms with van der Waals surface area (Å²) in [7, 11) is 1.69. The molecule has 5 heteroatoms. The molecule has 1 aromatic carbocycles. The standard InChI is InChI=1S/C17H20N4O/c1-12-3-5-13(6-4-12)15-9-16(20-11-19-15)21-8-7-14(10-21)17(22)18-2/h3-6,9,11,14H,7-8,10H2,1-2H3,(H,18,22). The highest BCUT2D eigenvalue weighted by atomic mass is 16.1. The maximum Gasteiger partial charge on any atom is 0.224 e. The van der Waals surface area contributed by atoms with Gasteiger partial charge >= 0.3 is 0 Å². The molecule has 2 heterocycles. The number of carbonyl (C=O) groups excluding carboxylic acids is 1. The van der Waals surface area contributed by atoms with Crippen LogP contribution in [0.3, 0.4) is 0 Å². The summed E-state index contributed by atoms with van der Waals surface area (Å²) in [5.41, 5.74) is 3.22. The van der Waals surface area contributed by atoms with Crippen LogP contribution >= 0.6 is 0 Å². The largest absolute Gasteiger partial charge is 0.359 e. The minimum absolute atomic E-state index is 0.0443. The fraction of sp³-hybridized carbons (Fsp3) is 0.353. The first-order valence-electron chi connectivity index (χ1n) is 7.53. The minimum Gasteiger partial charge on any atom is -0.359 e. The summed E-state index contributed by atoms with van der Waals surface area (Å²) in [6, 6.07) is 10.3. The number of anilines is 1.